The third-order valence-electron chi connectivity index (χ3n) is 3.32. The van der Waals surface area contributed by atoms with Gasteiger partial charge < -0.3 is 4.74 Å². The van der Waals surface area contributed by atoms with Gasteiger partial charge in [0.15, 0.2) is 0 Å². The fourth-order valence-corrected chi connectivity index (χ4v) is 3.72. The van der Waals surface area contributed by atoms with Gasteiger partial charge in [0, 0.05) is 18.2 Å². The van der Waals surface area contributed by atoms with E-state index in [2.05, 4.69) is 31.0 Å². The summed E-state index contributed by atoms with van der Waals surface area (Å²) in [6, 6.07) is 0. The molecule has 0 amide bonds. The van der Waals surface area contributed by atoms with Gasteiger partial charge in [0.2, 0.25) is 0 Å². The highest BCUT2D eigenvalue weighted by Gasteiger charge is 2.39. The lowest BCUT2D eigenvalue weighted by atomic mass is 9.90. The van der Waals surface area contributed by atoms with Gasteiger partial charge in [0.05, 0.1) is 12.2 Å². The highest BCUT2D eigenvalue weighted by atomic mass is 35.5. The highest BCUT2D eigenvalue weighted by molar-refractivity contribution is 7.11. The van der Waals surface area contributed by atoms with Gasteiger partial charge in [-0.3, -0.25) is 0 Å². The number of aromatic nitrogens is 2. The van der Waals surface area contributed by atoms with Crippen molar-refractivity contribution in [1.82, 2.24) is 10.2 Å². The van der Waals surface area contributed by atoms with E-state index in [0.717, 1.165) is 16.4 Å². The molecular weight excluding hydrogens is 244 g/mol. The zero-order chi connectivity index (χ0) is 11.7. The predicted octanol–water partition coefficient (Wildman–Crippen LogP) is 2.85. The molecule has 2 rings (SSSR count). The van der Waals surface area contributed by atoms with E-state index in [1.165, 1.54) is 0 Å². The minimum Gasteiger partial charge on any atom is -0.375 e. The number of halogens is 1. The van der Waals surface area contributed by atoms with Crippen molar-refractivity contribution in [2.45, 2.75) is 45.3 Å². The van der Waals surface area contributed by atoms with Gasteiger partial charge in [-0.25, -0.2) is 0 Å². The molecule has 0 N–H and O–H groups in total. The second-order valence-electron chi connectivity index (χ2n) is 4.40. The molecule has 2 heterocycles. The predicted molar refractivity (Wildman–Crippen MR) is 66.2 cm³/mol. The van der Waals surface area contributed by atoms with E-state index < -0.39 is 0 Å². The SMILES string of the molecule is CC1OC(C)C(c2nnc(CCCl)s2)C1C. The third kappa shape index (κ3) is 2.24. The van der Waals surface area contributed by atoms with Crippen LogP contribution in [0.5, 0.6) is 0 Å². The molecule has 90 valence electrons. The lowest BCUT2D eigenvalue weighted by molar-refractivity contribution is 0.0556. The quantitative estimate of drug-likeness (QED) is 0.784. The van der Waals surface area contributed by atoms with Crippen molar-refractivity contribution in [2.24, 2.45) is 5.92 Å². The lowest BCUT2D eigenvalue weighted by Crippen LogP contribution is -2.14. The van der Waals surface area contributed by atoms with Crippen LogP contribution in [-0.4, -0.2) is 28.3 Å². The fourth-order valence-electron chi connectivity index (χ4n) is 2.28. The molecule has 4 unspecified atom stereocenters. The van der Waals surface area contributed by atoms with E-state index in [4.69, 9.17) is 16.3 Å². The average Bonchev–Trinajstić information content (AvgIpc) is 2.75. The molecule has 1 aliphatic rings. The molecule has 1 fully saturated rings. The van der Waals surface area contributed by atoms with E-state index in [-0.39, 0.29) is 6.10 Å². The molecule has 3 nitrogen and oxygen atoms in total. The third-order valence-corrected chi connectivity index (χ3v) is 4.59. The first-order chi connectivity index (χ1) is 7.63. The molecule has 1 saturated heterocycles. The zero-order valence-corrected chi connectivity index (χ0v) is 11.4. The molecule has 1 aromatic heterocycles. The zero-order valence-electron chi connectivity index (χ0n) is 9.81. The smallest absolute Gasteiger partial charge is 0.123 e. The Kier molecular flexibility index (Phi) is 3.82. The number of rotatable bonds is 3. The first kappa shape index (κ1) is 12.3. The van der Waals surface area contributed by atoms with E-state index in [0.29, 0.717) is 23.8 Å². The summed E-state index contributed by atoms with van der Waals surface area (Å²) in [5, 5.41) is 10.6. The molecule has 0 bridgehead atoms. The standard InChI is InChI=1S/C11H17ClN2OS/c1-6-7(2)15-8(3)10(6)11-14-13-9(16-11)4-5-12/h6-8,10H,4-5H2,1-3H3. The summed E-state index contributed by atoms with van der Waals surface area (Å²) in [5.41, 5.74) is 0. The summed E-state index contributed by atoms with van der Waals surface area (Å²) in [5.74, 6) is 1.50. The van der Waals surface area contributed by atoms with Crippen LogP contribution in [0.4, 0.5) is 0 Å². The number of nitrogens with zero attached hydrogens (tertiary/aromatic N) is 2. The maximum absolute atomic E-state index is 5.82. The summed E-state index contributed by atoms with van der Waals surface area (Å²) in [7, 11) is 0. The van der Waals surface area contributed by atoms with Crippen LogP contribution in [-0.2, 0) is 11.2 Å². The van der Waals surface area contributed by atoms with Crippen molar-refractivity contribution in [3.63, 3.8) is 0 Å². The van der Waals surface area contributed by atoms with Gasteiger partial charge in [-0.05, 0) is 19.8 Å². The minimum absolute atomic E-state index is 0.238. The molecule has 4 atom stereocenters. The Balaban J connectivity index is 2.16. The second-order valence-corrected chi connectivity index (χ2v) is 5.88. The van der Waals surface area contributed by atoms with E-state index in [1.807, 2.05) is 0 Å². The molecule has 0 aromatic carbocycles. The van der Waals surface area contributed by atoms with Crippen LogP contribution in [0.2, 0.25) is 0 Å². The second kappa shape index (κ2) is 4.98. The average molecular weight is 261 g/mol. The van der Waals surface area contributed by atoms with E-state index >= 15 is 0 Å². The molecule has 0 saturated carbocycles. The number of aryl methyl sites for hydroxylation is 1. The maximum Gasteiger partial charge on any atom is 0.123 e. The normalized spacial score (nSPS) is 34.5. The first-order valence-corrected chi connectivity index (χ1v) is 7.02. The van der Waals surface area contributed by atoms with Crippen molar-refractivity contribution >= 4 is 22.9 Å². The van der Waals surface area contributed by atoms with Crippen LogP contribution < -0.4 is 0 Å². The van der Waals surface area contributed by atoms with E-state index in [1.54, 1.807) is 11.3 Å². The van der Waals surface area contributed by atoms with Gasteiger partial charge in [0.25, 0.3) is 0 Å². The van der Waals surface area contributed by atoms with Crippen LogP contribution in [0, 0.1) is 5.92 Å². The summed E-state index contributed by atoms with van der Waals surface area (Å²) in [4.78, 5) is 0. The summed E-state index contributed by atoms with van der Waals surface area (Å²) >= 11 is 7.38. The van der Waals surface area contributed by atoms with Crippen molar-refractivity contribution in [2.75, 3.05) is 5.88 Å². The Hall–Kier alpha value is -0.190. The number of hydrogen-bond acceptors (Lipinski definition) is 4. The minimum atomic E-state index is 0.238. The van der Waals surface area contributed by atoms with Gasteiger partial charge >= 0.3 is 0 Å². The fraction of sp³-hybridized carbons (Fsp3) is 0.818. The highest BCUT2D eigenvalue weighted by Crippen LogP contribution is 2.40. The van der Waals surface area contributed by atoms with Crippen LogP contribution in [0.1, 0.15) is 36.7 Å². The van der Waals surface area contributed by atoms with Crippen molar-refractivity contribution in [3.8, 4) is 0 Å². The summed E-state index contributed by atoms with van der Waals surface area (Å²) < 4.78 is 5.82. The monoisotopic (exact) mass is 260 g/mol. The molecule has 0 aliphatic carbocycles. The Bertz CT molecular complexity index is 358. The Morgan fingerprint density at radius 1 is 1.25 bits per heavy atom. The topological polar surface area (TPSA) is 35.0 Å². The van der Waals surface area contributed by atoms with Gasteiger partial charge in [-0.1, -0.05) is 6.92 Å². The van der Waals surface area contributed by atoms with Crippen LogP contribution in [0.15, 0.2) is 0 Å². The molecule has 1 aliphatic heterocycles. The van der Waals surface area contributed by atoms with Crippen LogP contribution in [0.25, 0.3) is 0 Å². The first-order valence-electron chi connectivity index (χ1n) is 5.67. The number of ether oxygens (including phenoxy) is 1. The number of hydrogen-bond donors (Lipinski definition) is 0. The largest absolute Gasteiger partial charge is 0.375 e. The van der Waals surface area contributed by atoms with Crippen molar-refractivity contribution < 1.29 is 4.74 Å². The Morgan fingerprint density at radius 3 is 2.56 bits per heavy atom. The van der Waals surface area contributed by atoms with Crippen molar-refractivity contribution in [1.29, 1.82) is 0 Å². The van der Waals surface area contributed by atoms with Crippen molar-refractivity contribution in [3.05, 3.63) is 10.0 Å². The van der Waals surface area contributed by atoms with Crippen LogP contribution in [0.3, 0.4) is 0 Å². The van der Waals surface area contributed by atoms with E-state index in [9.17, 15) is 0 Å². The molecule has 0 spiro atoms. The molecule has 5 heteroatoms. The van der Waals surface area contributed by atoms with Crippen LogP contribution >= 0.6 is 22.9 Å². The Labute approximate surface area is 105 Å². The van der Waals surface area contributed by atoms with Gasteiger partial charge in [-0.15, -0.1) is 33.1 Å². The molecular formula is C11H17ClN2OS. The number of alkyl halides is 1. The summed E-state index contributed by atoms with van der Waals surface area (Å²) in [6.07, 6.45) is 1.35. The Morgan fingerprint density at radius 2 is 2.00 bits per heavy atom. The molecule has 0 radical (unpaired) electrons. The van der Waals surface area contributed by atoms with Gasteiger partial charge in [0.1, 0.15) is 10.0 Å². The summed E-state index contributed by atoms with van der Waals surface area (Å²) in [6.45, 7) is 6.47. The lowest BCUT2D eigenvalue weighted by Gasteiger charge is -2.14. The maximum atomic E-state index is 5.82. The molecule has 16 heavy (non-hydrogen) atoms. The molecule has 1 aromatic rings. The van der Waals surface area contributed by atoms with Gasteiger partial charge in [-0.2, -0.15) is 0 Å².